The molecule has 2 aliphatic rings. The lowest BCUT2D eigenvalue weighted by molar-refractivity contribution is -0.144. The standard InChI is InChI=1S/C15H27N3O3/c1-10(19)17-14(15(20)21-3)9-16-11-7-12-5-4-6-13(8-11)18(12)2/h11-14,16H,4-9H2,1-3H3,(H,17,19). The second-order valence-corrected chi connectivity index (χ2v) is 6.26. The summed E-state index contributed by atoms with van der Waals surface area (Å²) >= 11 is 0. The van der Waals surface area contributed by atoms with Crippen LogP contribution in [0.25, 0.3) is 0 Å². The van der Waals surface area contributed by atoms with Gasteiger partial charge in [-0.25, -0.2) is 4.79 Å². The van der Waals surface area contributed by atoms with Gasteiger partial charge in [0.2, 0.25) is 5.91 Å². The molecule has 3 unspecified atom stereocenters. The van der Waals surface area contributed by atoms with Crippen LogP contribution in [0.3, 0.4) is 0 Å². The zero-order valence-corrected chi connectivity index (χ0v) is 13.2. The third-order valence-electron chi connectivity index (χ3n) is 4.81. The van der Waals surface area contributed by atoms with Gasteiger partial charge < -0.3 is 20.3 Å². The van der Waals surface area contributed by atoms with E-state index < -0.39 is 12.0 Å². The normalized spacial score (nSPS) is 30.5. The molecule has 1 amide bonds. The summed E-state index contributed by atoms with van der Waals surface area (Å²) in [5.74, 6) is -0.613. The third kappa shape index (κ3) is 4.17. The number of carbonyl (C=O) groups excluding carboxylic acids is 2. The molecule has 2 bridgehead atoms. The maximum atomic E-state index is 11.7. The first-order valence-corrected chi connectivity index (χ1v) is 7.81. The topological polar surface area (TPSA) is 70.7 Å². The van der Waals surface area contributed by atoms with Gasteiger partial charge in [-0.2, -0.15) is 0 Å². The Hall–Kier alpha value is -1.14. The van der Waals surface area contributed by atoms with E-state index in [0.717, 1.165) is 12.8 Å². The summed E-state index contributed by atoms with van der Waals surface area (Å²) in [4.78, 5) is 25.4. The van der Waals surface area contributed by atoms with Crippen LogP contribution in [-0.2, 0) is 14.3 Å². The van der Waals surface area contributed by atoms with E-state index in [0.29, 0.717) is 24.7 Å². The first-order chi connectivity index (χ1) is 10.0. The summed E-state index contributed by atoms with van der Waals surface area (Å²) < 4.78 is 4.74. The van der Waals surface area contributed by atoms with E-state index in [2.05, 4.69) is 22.6 Å². The smallest absolute Gasteiger partial charge is 0.329 e. The van der Waals surface area contributed by atoms with Gasteiger partial charge in [0.25, 0.3) is 0 Å². The van der Waals surface area contributed by atoms with Crippen molar-refractivity contribution < 1.29 is 14.3 Å². The molecule has 2 N–H and O–H groups in total. The maximum Gasteiger partial charge on any atom is 0.329 e. The molecule has 2 aliphatic heterocycles. The van der Waals surface area contributed by atoms with Crippen molar-refractivity contribution >= 4 is 11.9 Å². The van der Waals surface area contributed by atoms with Crippen molar-refractivity contribution in [1.29, 1.82) is 0 Å². The molecular formula is C15H27N3O3. The fourth-order valence-electron chi connectivity index (χ4n) is 3.65. The van der Waals surface area contributed by atoms with Crippen molar-refractivity contribution in [2.45, 2.75) is 63.2 Å². The zero-order chi connectivity index (χ0) is 15.4. The number of nitrogens with zero attached hydrogens (tertiary/aromatic N) is 1. The molecule has 2 rings (SSSR count). The van der Waals surface area contributed by atoms with E-state index in [4.69, 9.17) is 4.74 Å². The second-order valence-electron chi connectivity index (χ2n) is 6.26. The number of carbonyl (C=O) groups is 2. The van der Waals surface area contributed by atoms with Crippen molar-refractivity contribution in [2.24, 2.45) is 0 Å². The van der Waals surface area contributed by atoms with Gasteiger partial charge in [-0.3, -0.25) is 4.79 Å². The molecule has 0 aromatic heterocycles. The van der Waals surface area contributed by atoms with E-state index in [1.54, 1.807) is 0 Å². The predicted octanol–water partition coefficient (Wildman–Crippen LogP) is 0.269. The highest BCUT2D eigenvalue weighted by atomic mass is 16.5. The summed E-state index contributed by atoms with van der Waals surface area (Å²) in [6, 6.07) is 1.10. The lowest BCUT2D eigenvalue weighted by atomic mass is 9.82. The Balaban J connectivity index is 1.86. The first-order valence-electron chi connectivity index (χ1n) is 7.81. The second kappa shape index (κ2) is 7.22. The molecule has 2 saturated heterocycles. The molecule has 0 aliphatic carbocycles. The minimum absolute atomic E-state index is 0.215. The maximum absolute atomic E-state index is 11.7. The van der Waals surface area contributed by atoms with E-state index in [9.17, 15) is 9.59 Å². The summed E-state index contributed by atoms with van der Waals surface area (Å²) in [5.41, 5.74) is 0. The van der Waals surface area contributed by atoms with Gasteiger partial charge in [-0.05, 0) is 32.7 Å². The van der Waals surface area contributed by atoms with Gasteiger partial charge in [0, 0.05) is 31.6 Å². The molecule has 0 aromatic rings. The van der Waals surface area contributed by atoms with Gasteiger partial charge in [0.15, 0.2) is 0 Å². The number of hydrogen-bond acceptors (Lipinski definition) is 5. The molecular weight excluding hydrogens is 270 g/mol. The van der Waals surface area contributed by atoms with Crippen molar-refractivity contribution in [2.75, 3.05) is 20.7 Å². The molecule has 21 heavy (non-hydrogen) atoms. The fraction of sp³-hybridized carbons (Fsp3) is 0.867. The average molecular weight is 297 g/mol. The fourth-order valence-corrected chi connectivity index (χ4v) is 3.65. The Labute approximate surface area is 126 Å². The SMILES string of the molecule is COC(=O)C(CNC1CC2CCCC(C1)N2C)NC(C)=O. The minimum atomic E-state index is -0.605. The Morgan fingerprint density at radius 2 is 1.90 bits per heavy atom. The van der Waals surface area contributed by atoms with Crippen LogP contribution in [0.5, 0.6) is 0 Å². The Morgan fingerprint density at radius 3 is 2.43 bits per heavy atom. The van der Waals surface area contributed by atoms with Gasteiger partial charge >= 0.3 is 5.97 Å². The van der Waals surface area contributed by atoms with E-state index >= 15 is 0 Å². The first kappa shape index (κ1) is 16.2. The third-order valence-corrected chi connectivity index (χ3v) is 4.81. The van der Waals surface area contributed by atoms with Crippen LogP contribution in [0.15, 0.2) is 0 Å². The zero-order valence-electron chi connectivity index (χ0n) is 13.2. The summed E-state index contributed by atoms with van der Waals surface area (Å²) in [6.07, 6.45) is 6.07. The summed E-state index contributed by atoms with van der Waals surface area (Å²) in [5, 5.41) is 6.09. The largest absolute Gasteiger partial charge is 0.467 e. The number of methoxy groups -OCH3 is 1. The number of fused-ring (bicyclic) bond motifs is 2. The average Bonchev–Trinajstić information content (AvgIpc) is 2.42. The van der Waals surface area contributed by atoms with Crippen molar-refractivity contribution in [3.63, 3.8) is 0 Å². The van der Waals surface area contributed by atoms with Crippen LogP contribution in [0, 0.1) is 0 Å². The van der Waals surface area contributed by atoms with Gasteiger partial charge in [-0.1, -0.05) is 6.42 Å². The molecule has 0 aromatic carbocycles. The molecule has 0 radical (unpaired) electrons. The molecule has 2 fully saturated rings. The van der Waals surface area contributed by atoms with E-state index in [1.165, 1.54) is 33.3 Å². The highest BCUT2D eigenvalue weighted by Gasteiger charge is 2.36. The van der Waals surface area contributed by atoms with Crippen LogP contribution in [0.4, 0.5) is 0 Å². The predicted molar refractivity (Wildman–Crippen MR) is 79.8 cm³/mol. The molecule has 6 nitrogen and oxygen atoms in total. The monoisotopic (exact) mass is 297 g/mol. The molecule has 2 heterocycles. The van der Waals surface area contributed by atoms with E-state index in [-0.39, 0.29) is 5.91 Å². The van der Waals surface area contributed by atoms with Crippen LogP contribution in [0.2, 0.25) is 0 Å². The van der Waals surface area contributed by atoms with E-state index in [1.807, 2.05) is 0 Å². The molecule has 6 heteroatoms. The molecule has 0 spiro atoms. The Bertz CT molecular complexity index is 374. The number of ether oxygens (including phenoxy) is 1. The Morgan fingerprint density at radius 1 is 1.29 bits per heavy atom. The van der Waals surface area contributed by atoms with Crippen LogP contribution in [0.1, 0.15) is 39.0 Å². The van der Waals surface area contributed by atoms with Gasteiger partial charge in [0.05, 0.1) is 7.11 Å². The Kier molecular flexibility index (Phi) is 5.58. The highest BCUT2D eigenvalue weighted by Crippen LogP contribution is 2.32. The molecule has 0 saturated carbocycles. The molecule has 3 atom stereocenters. The van der Waals surface area contributed by atoms with Crippen molar-refractivity contribution in [1.82, 2.24) is 15.5 Å². The minimum Gasteiger partial charge on any atom is -0.467 e. The summed E-state index contributed by atoms with van der Waals surface area (Å²) in [7, 11) is 3.57. The van der Waals surface area contributed by atoms with Crippen LogP contribution < -0.4 is 10.6 Å². The van der Waals surface area contributed by atoms with Crippen molar-refractivity contribution in [3.8, 4) is 0 Å². The number of nitrogens with one attached hydrogen (secondary N) is 2. The van der Waals surface area contributed by atoms with Crippen molar-refractivity contribution in [3.05, 3.63) is 0 Å². The van der Waals surface area contributed by atoms with Gasteiger partial charge in [-0.15, -0.1) is 0 Å². The van der Waals surface area contributed by atoms with Crippen LogP contribution >= 0.6 is 0 Å². The number of piperidine rings is 2. The quantitative estimate of drug-likeness (QED) is 0.713. The summed E-state index contributed by atoms with van der Waals surface area (Å²) in [6.45, 7) is 1.84. The lowest BCUT2D eigenvalue weighted by Crippen LogP contribution is -2.56. The van der Waals surface area contributed by atoms with Crippen LogP contribution in [-0.4, -0.2) is 61.6 Å². The van der Waals surface area contributed by atoms with Gasteiger partial charge in [0.1, 0.15) is 6.04 Å². The number of esters is 1. The number of hydrogen-bond donors (Lipinski definition) is 2. The number of amides is 1. The molecule has 120 valence electrons. The number of rotatable bonds is 5. The highest BCUT2D eigenvalue weighted by molar-refractivity contribution is 5.83. The lowest BCUT2D eigenvalue weighted by Gasteiger charge is -2.47.